The second kappa shape index (κ2) is 6.79. The van der Waals surface area contributed by atoms with Crippen LogP contribution in [0, 0.1) is 5.92 Å². The zero-order valence-corrected chi connectivity index (χ0v) is 13.5. The molecule has 1 amide bonds. The molecule has 1 aliphatic carbocycles. The fraction of sp³-hybridized carbons (Fsp3) is 0.529. The van der Waals surface area contributed by atoms with Crippen molar-refractivity contribution in [3.63, 3.8) is 0 Å². The van der Waals surface area contributed by atoms with Gasteiger partial charge in [-0.2, -0.15) is 0 Å². The third-order valence-corrected chi connectivity index (χ3v) is 5.16. The normalized spacial score (nSPS) is 26.7. The van der Waals surface area contributed by atoms with E-state index in [1.807, 2.05) is 0 Å². The van der Waals surface area contributed by atoms with Gasteiger partial charge < -0.3 is 14.7 Å². The molecule has 2 aliphatic rings. The Bertz CT molecular complexity index is 606. The van der Waals surface area contributed by atoms with E-state index < -0.39 is 12.0 Å². The van der Waals surface area contributed by atoms with Gasteiger partial charge in [-0.1, -0.05) is 36.6 Å². The summed E-state index contributed by atoms with van der Waals surface area (Å²) in [5.74, 6) is -0.458. The Kier molecular flexibility index (Phi) is 4.76. The Labute approximate surface area is 140 Å². The van der Waals surface area contributed by atoms with E-state index in [0.29, 0.717) is 23.1 Å². The first-order valence-corrected chi connectivity index (χ1v) is 8.37. The fourth-order valence-corrected chi connectivity index (χ4v) is 4.01. The minimum atomic E-state index is -0.925. The monoisotopic (exact) mass is 337 g/mol. The van der Waals surface area contributed by atoms with E-state index in [0.717, 1.165) is 25.7 Å². The highest BCUT2D eigenvalue weighted by Crippen LogP contribution is 2.39. The Morgan fingerprint density at radius 2 is 2.00 bits per heavy atom. The van der Waals surface area contributed by atoms with Gasteiger partial charge >= 0.3 is 5.97 Å². The zero-order valence-electron chi connectivity index (χ0n) is 12.8. The average Bonchev–Trinajstić information content (AvgIpc) is 2.93. The van der Waals surface area contributed by atoms with Gasteiger partial charge in [-0.25, -0.2) is 4.79 Å². The first kappa shape index (κ1) is 16.1. The zero-order chi connectivity index (χ0) is 16.4. The van der Waals surface area contributed by atoms with Crippen LogP contribution in [-0.2, 0) is 9.59 Å². The van der Waals surface area contributed by atoms with Gasteiger partial charge in [-0.3, -0.25) is 4.79 Å². The lowest BCUT2D eigenvalue weighted by atomic mass is 9.85. The number of hydrogen-bond donors (Lipinski definition) is 1. The summed E-state index contributed by atoms with van der Waals surface area (Å²) in [6.07, 6.45) is 4.60. The van der Waals surface area contributed by atoms with E-state index in [1.54, 1.807) is 29.2 Å². The standard InChI is InChI=1S/C17H20ClNO4/c18-12-6-2-4-8-15(12)23-10-16(20)19-13-7-3-1-5-11(13)9-14(19)17(21)22/h2,4,6,8,11,13-14H,1,3,5,7,9-10H2,(H,21,22). The van der Waals surface area contributed by atoms with Gasteiger partial charge in [0, 0.05) is 6.04 Å². The number of para-hydroxylation sites is 1. The van der Waals surface area contributed by atoms with Crippen LogP contribution >= 0.6 is 11.6 Å². The topological polar surface area (TPSA) is 66.8 Å². The number of amides is 1. The maximum Gasteiger partial charge on any atom is 0.326 e. The SMILES string of the molecule is O=C(O)C1CC2CCCCC2N1C(=O)COc1ccccc1Cl. The number of halogens is 1. The molecule has 3 atom stereocenters. The summed E-state index contributed by atoms with van der Waals surface area (Å²) in [5, 5.41) is 9.89. The van der Waals surface area contributed by atoms with Crippen LogP contribution in [0.2, 0.25) is 5.02 Å². The number of hydrogen-bond acceptors (Lipinski definition) is 3. The Morgan fingerprint density at radius 3 is 2.74 bits per heavy atom. The van der Waals surface area contributed by atoms with E-state index in [4.69, 9.17) is 16.3 Å². The molecule has 0 radical (unpaired) electrons. The maximum atomic E-state index is 12.6. The van der Waals surface area contributed by atoms with Crippen LogP contribution in [0.1, 0.15) is 32.1 Å². The lowest BCUT2D eigenvalue weighted by molar-refractivity contribution is -0.150. The molecule has 0 bridgehead atoms. The summed E-state index contributed by atoms with van der Waals surface area (Å²) in [4.78, 5) is 25.7. The van der Waals surface area contributed by atoms with E-state index in [9.17, 15) is 14.7 Å². The van der Waals surface area contributed by atoms with Gasteiger partial charge in [0.25, 0.3) is 5.91 Å². The lowest BCUT2D eigenvalue weighted by Gasteiger charge is -2.32. The number of carboxylic acids is 1. The van der Waals surface area contributed by atoms with E-state index in [1.165, 1.54) is 0 Å². The average molecular weight is 338 g/mol. The van der Waals surface area contributed by atoms with Gasteiger partial charge in [0.1, 0.15) is 11.8 Å². The third-order valence-electron chi connectivity index (χ3n) is 4.85. The van der Waals surface area contributed by atoms with E-state index in [-0.39, 0.29) is 18.6 Å². The van der Waals surface area contributed by atoms with Crippen LogP contribution in [0.4, 0.5) is 0 Å². The van der Waals surface area contributed by atoms with Crippen LogP contribution < -0.4 is 4.74 Å². The molecule has 23 heavy (non-hydrogen) atoms. The molecule has 0 spiro atoms. The molecule has 6 heteroatoms. The molecule has 0 aromatic heterocycles. The number of likely N-dealkylation sites (tertiary alicyclic amines) is 1. The summed E-state index contributed by atoms with van der Waals surface area (Å²) in [5.41, 5.74) is 0. The predicted molar refractivity (Wildman–Crippen MR) is 85.6 cm³/mol. The van der Waals surface area contributed by atoms with E-state index >= 15 is 0 Å². The molecule has 1 aromatic rings. The largest absolute Gasteiger partial charge is 0.482 e. The van der Waals surface area contributed by atoms with Gasteiger partial charge in [-0.05, 0) is 37.3 Å². The molecule has 3 rings (SSSR count). The minimum absolute atomic E-state index is 0.0344. The molecule has 1 aliphatic heterocycles. The highest BCUT2D eigenvalue weighted by atomic mass is 35.5. The molecule has 1 saturated carbocycles. The number of aliphatic carboxylic acids is 1. The van der Waals surface area contributed by atoms with Crippen molar-refractivity contribution in [1.82, 2.24) is 4.90 Å². The highest BCUT2D eigenvalue weighted by molar-refractivity contribution is 6.32. The Hall–Kier alpha value is -1.75. The van der Waals surface area contributed by atoms with Crippen molar-refractivity contribution < 1.29 is 19.4 Å². The van der Waals surface area contributed by atoms with Crippen molar-refractivity contribution in [3.05, 3.63) is 29.3 Å². The van der Waals surface area contributed by atoms with Gasteiger partial charge in [-0.15, -0.1) is 0 Å². The molecular weight excluding hydrogens is 318 g/mol. The quantitative estimate of drug-likeness (QED) is 0.917. The van der Waals surface area contributed by atoms with Crippen molar-refractivity contribution in [3.8, 4) is 5.75 Å². The van der Waals surface area contributed by atoms with Crippen molar-refractivity contribution in [1.29, 1.82) is 0 Å². The first-order chi connectivity index (χ1) is 11.1. The second-order valence-electron chi connectivity index (χ2n) is 6.22. The van der Waals surface area contributed by atoms with Crippen LogP contribution in [0.25, 0.3) is 0 Å². The Morgan fingerprint density at radius 1 is 1.26 bits per heavy atom. The second-order valence-corrected chi connectivity index (χ2v) is 6.63. The molecule has 2 fully saturated rings. The number of carbonyl (C=O) groups is 2. The number of benzene rings is 1. The number of carbonyl (C=O) groups excluding carboxylic acids is 1. The third kappa shape index (κ3) is 3.29. The molecule has 3 unspecified atom stereocenters. The van der Waals surface area contributed by atoms with Crippen LogP contribution in [0.5, 0.6) is 5.75 Å². The minimum Gasteiger partial charge on any atom is -0.482 e. The Balaban J connectivity index is 1.71. The maximum absolute atomic E-state index is 12.6. The van der Waals surface area contributed by atoms with Gasteiger partial charge in [0.05, 0.1) is 5.02 Å². The number of rotatable bonds is 4. The number of fused-ring (bicyclic) bond motifs is 1. The van der Waals surface area contributed by atoms with Crippen molar-refractivity contribution in [2.24, 2.45) is 5.92 Å². The van der Waals surface area contributed by atoms with E-state index in [2.05, 4.69) is 0 Å². The van der Waals surface area contributed by atoms with Gasteiger partial charge in [0.2, 0.25) is 0 Å². The van der Waals surface area contributed by atoms with Crippen molar-refractivity contribution in [2.45, 2.75) is 44.2 Å². The molecule has 1 heterocycles. The molecular formula is C17H20ClNO4. The molecule has 1 N–H and O–H groups in total. The molecule has 1 aromatic carbocycles. The number of carboxylic acid groups (broad SMARTS) is 1. The van der Waals surface area contributed by atoms with Crippen LogP contribution in [0.3, 0.4) is 0 Å². The predicted octanol–water partition coefficient (Wildman–Crippen LogP) is 2.96. The van der Waals surface area contributed by atoms with Gasteiger partial charge in [0.15, 0.2) is 6.61 Å². The lowest BCUT2D eigenvalue weighted by Crippen LogP contribution is -2.48. The molecule has 5 nitrogen and oxygen atoms in total. The fourth-order valence-electron chi connectivity index (χ4n) is 3.82. The van der Waals surface area contributed by atoms with Crippen molar-refractivity contribution in [2.75, 3.05) is 6.61 Å². The molecule has 124 valence electrons. The summed E-state index contributed by atoms with van der Waals surface area (Å²) in [6, 6.07) is 6.24. The van der Waals surface area contributed by atoms with Crippen molar-refractivity contribution >= 4 is 23.5 Å². The smallest absolute Gasteiger partial charge is 0.326 e. The highest BCUT2D eigenvalue weighted by Gasteiger charge is 2.47. The number of ether oxygens (including phenoxy) is 1. The molecule has 1 saturated heterocycles. The summed E-state index contributed by atoms with van der Waals surface area (Å²) in [6.45, 7) is -0.184. The summed E-state index contributed by atoms with van der Waals surface area (Å²) >= 11 is 6.01. The first-order valence-electron chi connectivity index (χ1n) is 7.99. The summed E-state index contributed by atoms with van der Waals surface area (Å²) < 4.78 is 5.50. The van der Waals surface area contributed by atoms with Crippen LogP contribution in [0.15, 0.2) is 24.3 Å². The van der Waals surface area contributed by atoms with Crippen LogP contribution in [-0.4, -0.2) is 40.6 Å². The number of nitrogens with zero attached hydrogens (tertiary/aromatic N) is 1. The summed E-state index contributed by atoms with van der Waals surface area (Å²) in [7, 11) is 0.